The Bertz CT molecular complexity index is 1090. The molecule has 3 rings (SSSR count). The van der Waals surface area contributed by atoms with E-state index in [1.54, 1.807) is 12.1 Å². The minimum Gasteiger partial charge on any atom is -0.736 e. The predicted octanol–water partition coefficient (Wildman–Crippen LogP) is 2.43. The van der Waals surface area contributed by atoms with E-state index in [4.69, 9.17) is 20.6 Å². The molecule has 30 heavy (non-hydrogen) atoms. The van der Waals surface area contributed by atoms with Gasteiger partial charge >= 0.3 is 37.4 Å². The van der Waals surface area contributed by atoms with Crippen LogP contribution < -0.4 is 43.5 Å². The molecule has 0 fully saturated rings. The van der Waals surface area contributed by atoms with Gasteiger partial charge in [-0.05, 0) is 68.3 Å². The zero-order valence-electron chi connectivity index (χ0n) is 17.1. The average molecular weight is 453 g/mol. The third kappa shape index (κ3) is 6.21. The van der Waals surface area contributed by atoms with Crippen LogP contribution in [0.15, 0.2) is 60.7 Å². The van der Waals surface area contributed by atoms with E-state index in [0.717, 1.165) is 16.7 Å². The van der Waals surface area contributed by atoms with Crippen molar-refractivity contribution in [2.24, 2.45) is 0 Å². The van der Waals surface area contributed by atoms with Crippen molar-refractivity contribution in [3.05, 3.63) is 93.5 Å². The van der Waals surface area contributed by atoms with E-state index in [1.807, 2.05) is 32.9 Å². The molecule has 0 radical (unpaired) electrons. The fourth-order valence-electron chi connectivity index (χ4n) is 3.15. The average Bonchev–Trinajstić information content (AvgIpc) is 2.62. The molecule has 0 heterocycles. The molecule has 8 heteroatoms. The van der Waals surface area contributed by atoms with Crippen LogP contribution in [0.25, 0.3) is 0 Å². The zero-order valence-corrected chi connectivity index (χ0v) is 20.8. The third-order valence-corrected chi connectivity index (χ3v) is 5.37. The SMILES string of the molecule is Cc1cc(C)c(C(=O)c2cccc(OP(=O)([O-])Oc3ccc(Cl)cc3)c2)c(C)c1.[Na+]. The van der Waals surface area contributed by atoms with Crippen molar-refractivity contribution in [1.82, 2.24) is 0 Å². The van der Waals surface area contributed by atoms with Gasteiger partial charge in [-0.2, -0.15) is 0 Å². The summed E-state index contributed by atoms with van der Waals surface area (Å²) in [4.78, 5) is 25.2. The van der Waals surface area contributed by atoms with E-state index in [-0.39, 0.29) is 46.8 Å². The van der Waals surface area contributed by atoms with Crippen LogP contribution in [0, 0.1) is 20.8 Å². The van der Waals surface area contributed by atoms with Gasteiger partial charge in [-0.3, -0.25) is 4.79 Å². The van der Waals surface area contributed by atoms with Crippen LogP contribution in [-0.4, -0.2) is 5.78 Å². The minimum atomic E-state index is -4.70. The van der Waals surface area contributed by atoms with Crippen LogP contribution in [0.4, 0.5) is 0 Å². The van der Waals surface area contributed by atoms with Crippen molar-refractivity contribution >= 4 is 25.2 Å². The molecule has 3 aromatic rings. The molecule has 0 spiro atoms. The number of phosphoric acid groups is 1. The molecule has 0 amide bonds. The number of carbonyl (C=O) groups excluding carboxylic acids is 1. The van der Waals surface area contributed by atoms with Crippen molar-refractivity contribution in [3.8, 4) is 11.5 Å². The van der Waals surface area contributed by atoms with Gasteiger partial charge in [0.05, 0.1) is 0 Å². The summed E-state index contributed by atoms with van der Waals surface area (Å²) in [5.74, 6) is -0.138. The largest absolute Gasteiger partial charge is 1.00 e. The van der Waals surface area contributed by atoms with E-state index in [9.17, 15) is 14.3 Å². The maximum Gasteiger partial charge on any atom is 1.00 e. The Labute approximate surface area is 202 Å². The maximum atomic E-state index is 13.0. The number of hydrogen-bond acceptors (Lipinski definition) is 5. The number of ketones is 1. The fraction of sp³-hybridized carbons (Fsp3) is 0.136. The van der Waals surface area contributed by atoms with Gasteiger partial charge in [-0.15, -0.1) is 0 Å². The monoisotopic (exact) mass is 452 g/mol. The Kier molecular flexibility index (Phi) is 8.35. The van der Waals surface area contributed by atoms with Gasteiger partial charge < -0.3 is 13.9 Å². The molecule has 0 aromatic heterocycles. The second-order valence-corrected chi connectivity index (χ2v) is 8.41. The second kappa shape index (κ2) is 10.1. The van der Waals surface area contributed by atoms with Crippen LogP contribution in [0.5, 0.6) is 11.5 Å². The molecule has 3 aromatic carbocycles. The Morgan fingerprint density at radius 2 is 1.47 bits per heavy atom. The molecule has 0 bridgehead atoms. The molecule has 0 aliphatic heterocycles. The molecule has 1 atom stereocenters. The summed E-state index contributed by atoms with van der Waals surface area (Å²) in [6.07, 6.45) is 0. The van der Waals surface area contributed by atoms with E-state index in [0.29, 0.717) is 16.1 Å². The van der Waals surface area contributed by atoms with Gasteiger partial charge in [0.2, 0.25) is 0 Å². The van der Waals surface area contributed by atoms with E-state index >= 15 is 0 Å². The van der Waals surface area contributed by atoms with Crippen molar-refractivity contribution in [3.63, 3.8) is 0 Å². The van der Waals surface area contributed by atoms with Crippen LogP contribution >= 0.6 is 19.4 Å². The number of aryl methyl sites for hydroxylation is 3. The number of phosphoric ester groups is 1. The van der Waals surface area contributed by atoms with E-state index < -0.39 is 7.82 Å². The van der Waals surface area contributed by atoms with Crippen molar-refractivity contribution in [2.75, 3.05) is 0 Å². The second-order valence-electron chi connectivity index (χ2n) is 6.71. The van der Waals surface area contributed by atoms with Crippen LogP contribution in [0.3, 0.4) is 0 Å². The number of rotatable bonds is 6. The Balaban J connectivity index is 0.00000320. The molecule has 0 saturated carbocycles. The smallest absolute Gasteiger partial charge is 0.736 e. The summed E-state index contributed by atoms with van der Waals surface area (Å²) < 4.78 is 22.2. The Hall–Kier alpha value is -1.59. The standard InChI is InChI=1S/C22H20ClO5P.Na/c1-14-11-15(2)21(16(3)12-14)22(24)17-5-4-6-20(13-17)28-29(25,26)27-19-9-7-18(23)8-10-19;/h4-13H,1-3H3,(H,25,26);/q;+1/p-1. The molecular weight excluding hydrogens is 434 g/mol. The van der Waals surface area contributed by atoms with Crippen molar-refractivity contribution < 1.29 is 52.9 Å². The molecule has 0 N–H and O–H groups in total. The number of halogens is 1. The normalized spacial score (nSPS) is 12.4. The maximum absolute atomic E-state index is 13.0. The fourth-order valence-corrected chi connectivity index (χ4v) is 4.06. The Morgan fingerprint density at radius 3 is 2.07 bits per heavy atom. The summed E-state index contributed by atoms with van der Waals surface area (Å²) in [6.45, 7) is 5.72. The first-order chi connectivity index (χ1) is 13.6. The minimum absolute atomic E-state index is 0. The molecule has 0 saturated heterocycles. The number of carbonyl (C=O) groups is 1. The first kappa shape index (κ1) is 24.7. The quantitative estimate of drug-likeness (QED) is 0.326. The number of benzene rings is 3. The van der Waals surface area contributed by atoms with Gasteiger partial charge in [-0.25, -0.2) is 4.57 Å². The molecule has 0 aliphatic carbocycles. The molecule has 5 nitrogen and oxygen atoms in total. The molecular formula is C22H19ClNaO5P. The van der Waals surface area contributed by atoms with Gasteiger partial charge in [-0.1, -0.05) is 41.4 Å². The topological polar surface area (TPSA) is 75.7 Å². The first-order valence-electron chi connectivity index (χ1n) is 8.83. The zero-order chi connectivity index (χ0) is 21.2. The predicted molar refractivity (Wildman–Crippen MR) is 111 cm³/mol. The summed E-state index contributed by atoms with van der Waals surface area (Å²) in [7, 11) is -4.70. The van der Waals surface area contributed by atoms with E-state index in [2.05, 4.69) is 0 Å². The summed E-state index contributed by atoms with van der Waals surface area (Å²) >= 11 is 5.78. The first-order valence-corrected chi connectivity index (χ1v) is 10.7. The van der Waals surface area contributed by atoms with Crippen molar-refractivity contribution in [1.29, 1.82) is 0 Å². The molecule has 0 aliphatic rings. The van der Waals surface area contributed by atoms with Gasteiger partial charge in [0, 0.05) is 16.1 Å². The summed E-state index contributed by atoms with van der Waals surface area (Å²) in [5, 5.41) is 0.451. The van der Waals surface area contributed by atoms with Crippen LogP contribution in [0.1, 0.15) is 32.6 Å². The summed E-state index contributed by atoms with van der Waals surface area (Å²) in [5.41, 5.74) is 3.71. The van der Waals surface area contributed by atoms with Gasteiger partial charge in [0.15, 0.2) is 5.78 Å². The van der Waals surface area contributed by atoms with E-state index in [1.165, 1.54) is 36.4 Å². The Morgan fingerprint density at radius 1 is 0.900 bits per heavy atom. The van der Waals surface area contributed by atoms with Gasteiger partial charge in [0.25, 0.3) is 0 Å². The van der Waals surface area contributed by atoms with Crippen LogP contribution in [-0.2, 0) is 4.57 Å². The third-order valence-electron chi connectivity index (χ3n) is 4.25. The van der Waals surface area contributed by atoms with Gasteiger partial charge in [0.1, 0.15) is 11.5 Å². The molecule has 1 unspecified atom stereocenters. The van der Waals surface area contributed by atoms with Crippen molar-refractivity contribution in [2.45, 2.75) is 20.8 Å². The van der Waals surface area contributed by atoms with Crippen LogP contribution in [0.2, 0.25) is 5.02 Å². The number of hydrogen-bond donors (Lipinski definition) is 0. The summed E-state index contributed by atoms with van der Waals surface area (Å²) in [6, 6.07) is 15.7. The molecule has 150 valence electrons.